The van der Waals surface area contributed by atoms with Gasteiger partial charge in [0.1, 0.15) is 0 Å². The molecule has 37 heavy (non-hydrogen) atoms. The summed E-state index contributed by atoms with van der Waals surface area (Å²) in [6.45, 7) is 7.04. The quantitative estimate of drug-likeness (QED) is 0.0691. The molecule has 0 aliphatic carbocycles. The highest BCUT2D eigenvalue weighted by Gasteiger charge is 1.94. The first-order valence-electron chi connectivity index (χ1n) is 17.4. The molecular weight excluding hydrogens is 446 g/mol. The van der Waals surface area contributed by atoms with E-state index in [0.717, 1.165) is 0 Å². The second-order valence-corrected chi connectivity index (χ2v) is 11.6. The van der Waals surface area contributed by atoms with Crippen molar-refractivity contribution in [3.63, 3.8) is 0 Å². The predicted octanol–water partition coefficient (Wildman–Crippen LogP) is 12.7. The molecule has 0 aliphatic heterocycles. The predicted molar refractivity (Wildman–Crippen MR) is 172 cm³/mol. The van der Waals surface area contributed by atoms with Gasteiger partial charge in [-0.2, -0.15) is 0 Å². The van der Waals surface area contributed by atoms with Gasteiger partial charge in [-0.3, -0.25) is 0 Å². The van der Waals surface area contributed by atoms with Gasteiger partial charge in [0.25, 0.3) is 0 Å². The standard InChI is InChI=1S/C36H71N/c1-3-5-7-9-11-13-15-17-19-21-23-25-27-29-31-33-35-37-36-34-32-30-28-26-24-22-20-18-16-14-12-10-8-6-4-2/h17-20,37H,3-16,21-36H2,1-2H3. The number of rotatable bonds is 32. The van der Waals surface area contributed by atoms with E-state index in [2.05, 4.69) is 43.5 Å². The molecule has 0 aromatic rings. The van der Waals surface area contributed by atoms with E-state index in [9.17, 15) is 0 Å². The molecule has 1 N–H and O–H groups in total. The van der Waals surface area contributed by atoms with Gasteiger partial charge in [-0.1, -0.05) is 154 Å². The summed E-state index contributed by atoms with van der Waals surface area (Å²) in [7, 11) is 0. The monoisotopic (exact) mass is 518 g/mol. The number of unbranched alkanes of at least 4 members (excludes halogenated alkanes) is 24. The first kappa shape index (κ1) is 36.4. The Kier molecular flexibility index (Phi) is 34.9. The molecule has 0 saturated heterocycles. The van der Waals surface area contributed by atoms with Crippen LogP contribution in [0.25, 0.3) is 0 Å². The van der Waals surface area contributed by atoms with E-state index >= 15 is 0 Å². The van der Waals surface area contributed by atoms with Gasteiger partial charge in [0.15, 0.2) is 0 Å². The maximum atomic E-state index is 3.67. The molecule has 0 rings (SSSR count). The molecule has 0 spiro atoms. The van der Waals surface area contributed by atoms with Gasteiger partial charge < -0.3 is 5.32 Å². The van der Waals surface area contributed by atoms with E-state index in [0.29, 0.717) is 0 Å². The lowest BCUT2D eigenvalue weighted by Gasteiger charge is -2.05. The largest absolute Gasteiger partial charge is 0.317 e. The first-order valence-corrected chi connectivity index (χ1v) is 17.4. The molecule has 0 unspecified atom stereocenters. The zero-order valence-corrected chi connectivity index (χ0v) is 26.0. The van der Waals surface area contributed by atoms with Crippen LogP contribution in [-0.4, -0.2) is 13.1 Å². The maximum Gasteiger partial charge on any atom is -0.00489 e. The summed E-state index contributed by atoms with van der Waals surface area (Å²) in [4.78, 5) is 0. The second-order valence-electron chi connectivity index (χ2n) is 11.6. The van der Waals surface area contributed by atoms with Crippen molar-refractivity contribution < 1.29 is 0 Å². The van der Waals surface area contributed by atoms with Gasteiger partial charge in [0.2, 0.25) is 0 Å². The zero-order chi connectivity index (χ0) is 26.7. The van der Waals surface area contributed by atoms with Crippen molar-refractivity contribution in [2.45, 2.75) is 194 Å². The molecule has 1 heteroatoms. The molecule has 0 aliphatic rings. The summed E-state index contributed by atoms with van der Waals surface area (Å²) < 4.78 is 0. The van der Waals surface area contributed by atoms with Gasteiger partial charge in [-0.25, -0.2) is 0 Å². The van der Waals surface area contributed by atoms with Crippen LogP contribution in [0.15, 0.2) is 24.3 Å². The smallest absolute Gasteiger partial charge is 0.00489 e. The summed E-state index contributed by atoms with van der Waals surface area (Å²) >= 11 is 0. The van der Waals surface area contributed by atoms with E-state index in [-0.39, 0.29) is 0 Å². The summed E-state index contributed by atoms with van der Waals surface area (Å²) in [5.41, 5.74) is 0. The molecule has 0 heterocycles. The van der Waals surface area contributed by atoms with E-state index in [1.54, 1.807) is 0 Å². The Morgan fingerprint density at radius 2 is 0.541 bits per heavy atom. The van der Waals surface area contributed by atoms with Crippen molar-refractivity contribution in [2.24, 2.45) is 0 Å². The average Bonchev–Trinajstić information content (AvgIpc) is 2.91. The third kappa shape index (κ3) is 35.4. The molecule has 1 nitrogen and oxygen atoms in total. The molecule has 0 aromatic heterocycles. The van der Waals surface area contributed by atoms with Crippen LogP contribution in [0.3, 0.4) is 0 Å². The topological polar surface area (TPSA) is 12.0 Å². The van der Waals surface area contributed by atoms with Crippen molar-refractivity contribution >= 4 is 0 Å². The molecule has 0 aromatic carbocycles. The second kappa shape index (κ2) is 35.4. The minimum atomic E-state index is 1.23. The SMILES string of the molecule is CCCCCCCCC=CCCCCCCCCNCCCCCCCCC=CCCCCCCCC. The highest BCUT2D eigenvalue weighted by atomic mass is 14.8. The Hall–Kier alpha value is -0.560. The van der Waals surface area contributed by atoms with E-state index in [1.165, 1.54) is 193 Å². The van der Waals surface area contributed by atoms with Gasteiger partial charge in [-0.05, 0) is 77.3 Å². The van der Waals surface area contributed by atoms with Gasteiger partial charge in [0.05, 0.1) is 0 Å². The third-order valence-corrected chi connectivity index (χ3v) is 7.73. The molecule has 0 bridgehead atoms. The molecule has 220 valence electrons. The van der Waals surface area contributed by atoms with Crippen LogP contribution < -0.4 is 5.32 Å². The zero-order valence-electron chi connectivity index (χ0n) is 26.0. The van der Waals surface area contributed by atoms with Crippen LogP contribution >= 0.6 is 0 Å². The van der Waals surface area contributed by atoms with E-state index in [4.69, 9.17) is 0 Å². The van der Waals surface area contributed by atoms with Gasteiger partial charge in [0, 0.05) is 0 Å². The number of nitrogens with one attached hydrogen (secondary N) is 1. The Bertz CT molecular complexity index is 398. The van der Waals surface area contributed by atoms with Crippen LogP contribution in [0.5, 0.6) is 0 Å². The van der Waals surface area contributed by atoms with Crippen molar-refractivity contribution in [1.82, 2.24) is 5.32 Å². The van der Waals surface area contributed by atoms with Crippen LogP contribution in [0, 0.1) is 0 Å². The number of hydrogen-bond acceptors (Lipinski definition) is 1. The highest BCUT2D eigenvalue weighted by molar-refractivity contribution is 4.82. The lowest BCUT2D eigenvalue weighted by atomic mass is 10.1. The molecule has 0 atom stereocenters. The minimum Gasteiger partial charge on any atom is -0.317 e. The fourth-order valence-corrected chi connectivity index (χ4v) is 5.12. The molecule has 0 fully saturated rings. The maximum absolute atomic E-state index is 3.67. The van der Waals surface area contributed by atoms with Crippen molar-refractivity contribution in [3.8, 4) is 0 Å². The van der Waals surface area contributed by atoms with E-state index < -0.39 is 0 Å². The van der Waals surface area contributed by atoms with Crippen molar-refractivity contribution in [1.29, 1.82) is 0 Å². The first-order chi connectivity index (χ1) is 18.4. The van der Waals surface area contributed by atoms with E-state index in [1.807, 2.05) is 0 Å². The van der Waals surface area contributed by atoms with Crippen molar-refractivity contribution in [3.05, 3.63) is 24.3 Å². The van der Waals surface area contributed by atoms with Crippen molar-refractivity contribution in [2.75, 3.05) is 13.1 Å². The van der Waals surface area contributed by atoms with Crippen LogP contribution in [0.2, 0.25) is 0 Å². The molecule has 0 radical (unpaired) electrons. The number of hydrogen-bond donors (Lipinski definition) is 1. The number of allylic oxidation sites excluding steroid dienone is 4. The van der Waals surface area contributed by atoms with Crippen LogP contribution in [-0.2, 0) is 0 Å². The molecule has 0 amide bonds. The Morgan fingerprint density at radius 1 is 0.297 bits per heavy atom. The lowest BCUT2D eigenvalue weighted by Crippen LogP contribution is -2.16. The minimum absolute atomic E-state index is 1.23. The third-order valence-electron chi connectivity index (χ3n) is 7.73. The molecule has 0 saturated carbocycles. The highest BCUT2D eigenvalue weighted by Crippen LogP contribution is 2.11. The van der Waals surface area contributed by atoms with Gasteiger partial charge in [-0.15, -0.1) is 0 Å². The lowest BCUT2D eigenvalue weighted by molar-refractivity contribution is 0.539. The fourth-order valence-electron chi connectivity index (χ4n) is 5.12. The Morgan fingerprint density at radius 3 is 0.838 bits per heavy atom. The summed E-state index contributed by atoms with van der Waals surface area (Å²) in [6.07, 6.45) is 48.8. The Labute approximate surface area is 236 Å². The molecular formula is C36H71N. The summed E-state index contributed by atoms with van der Waals surface area (Å²) in [5, 5.41) is 3.67. The van der Waals surface area contributed by atoms with Gasteiger partial charge >= 0.3 is 0 Å². The average molecular weight is 518 g/mol. The van der Waals surface area contributed by atoms with Crippen LogP contribution in [0.1, 0.15) is 194 Å². The summed E-state index contributed by atoms with van der Waals surface area (Å²) in [5.74, 6) is 0. The summed E-state index contributed by atoms with van der Waals surface area (Å²) in [6, 6.07) is 0. The fraction of sp³-hybridized carbons (Fsp3) is 0.889. The normalized spacial score (nSPS) is 11.9. The Balaban J connectivity index is 3.09. The van der Waals surface area contributed by atoms with Crippen LogP contribution in [0.4, 0.5) is 0 Å².